The van der Waals surface area contributed by atoms with Gasteiger partial charge in [-0.2, -0.15) is 0 Å². The van der Waals surface area contributed by atoms with E-state index in [0.29, 0.717) is 23.0 Å². The van der Waals surface area contributed by atoms with Crippen molar-refractivity contribution >= 4 is 11.4 Å². The van der Waals surface area contributed by atoms with Crippen molar-refractivity contribution in [3.05, 3.63) is 17.9 Å². The molecule has 2 fully saturated rings. The Balaban J connectivity index is 1.68. The molecule has 1 aromatic rings. The van der Waals surface area contributed by atoms with Crippen LogP contribution in [-0.2, 0) is 0 Å². The summed E-state index contributed by atoms with van der Waals surface area (Å²) in [7, 11) is 1.55. The van der Waals surface area contributed by atoms with Crippen molar-refractivity contribution in [3.63, 3.8) is 0 Å². The predicted molar refractivity (Wildman–Crippen MR) is 74.8 cm³/mol. The van der Waals surface area contributed by atoms with Gasteiger partial charge in [0.1, 0.15) is 11.6 Å². The number of rotatable bonds is 6. The quantitative estimate of drug-likeness (QED) is 0.775. The fraction of sp³-hybridized carbons (Fsp3) is 0.600. The summed E-state index contributed by atoms with van der Waals surface area (Å²) >= 11 is 0. The predicted octanol–water partition coefficient (Wildman–Crippen LogP) is 3.26. The largest absolute Gasteiger partial charge is 0.495 e. The van der Waals surface area contributed by atoms with Gasteiger partial charge in [-0.05, 0) is 43.4 Å². The average molecular weight is 264 g/mol. The van der Waals surface area contributed by atoms with Gasteiger partial charge in [0.05, 0.1) is 18.5 Å². The van der Waals surface area contributed by atoms with E-state index in [0.717, 1.165) is 18.4 Å². The lowest BCUT2D eigenvalue weighted by Crippen LogP contribution is -2.18. The first-order chi connectivity index (χ1) is 9.19. The minimum absolute atomic E-state index is 0.302. The van der Waals surface area contributed by atoms with E-state index in [2.05, 4.69) is 5.32 Å². The minimum atomic E-state index is -0.302. The Kier molecular flexibility index (Phi) is 3.25. The molecule has 0 unspecified atom stereocenters. The second kappa shape index (κ2) is 4.91. The highest BCUT2D eigenvalue weighted by Crippen LogP contribution is 2.49. The van der Waals surface area contributed by atoms with Crippen molar-refractivity contribution in [1.82, 2.24) is 0 Å². The summed E-state index contributed by atoms with van der Waals surface area (Å²) < 4.78 is 19.0. The highest BCUT2D eigenvalue weighted by Gasteiger charge is 2.41. The molecule has 104 valence electrons. The number of methoxy groups -OCH3 is 1. The molecule has 0 atom stereocenters. The molecule has 0 aromatic heterocycles. The highest BCUT2D eigenvalue weighted by atomic mass is 19.1. The lowest BCUT2D eigenvalue weighted by molar-refractivity contribution is 0.415. The SMILES string of the molecule is COc1cc(NCC(C2CC2)C2CC2)c(F)cc1N. The van der Waals surface area contributed by atoms with Gasteiger partial charge in [-0.25, -0.2) is 4.39 Å². The zero-order valence-electron chi connectivity index (χ0n) is 11.3. The van der Waals surface area contributed by atoms with E-state index in [-0.39, 0.29) is 5.82 Å². The fourth-order valence-electron chi connectivity index (χ4n) is 2.88. The summed E-state index contributed by atoms with van der Waals surface area (Å²) in [6.07, 6.45) is 5.37. The molecule has 2 aliphatic carbocycles. The van der Waals surface area contributed by atoms with Crippen LogP contribution in [0.2, 0.25) is 0 Å². The molecule has 2 aliphatic rings. The number of ether oxygens (including phenoxy) is 1. The minimum Gasteiger partial charge on any atom is -0.495 e. The van der Waals surface area contributed by atoms with E-state index in [9.17, 15) is 4.39 Å². The maximum atomic E-state index is 13.9. The summed E-state index contributed by atoms with van der Waals surface area (Å²) in [6, 6.07) is 2.98. The molecule has 0 bridgehead atoms. The number of hydrogen-bond donors (Lipinski definition) is 2. The van der Waals surface area contributed by atoms with E-state index in [1.165, 1.54) is 31.7 Å². The van der Waals surface area contributed by atoms with Crippen molar-refractivity contribution in [1.29, 1.82) is 0 Å². The van der Waals surface area contributed by atoms with Crippen molar-refractivity contribution in [2.45, 2.75) is 25.7 Å². The Bertz CT molecular complexity index is 457. The number of nitrogens with two attached hydrogens (primary N) is 1. The third kappa shape index (κ3) is 2.77. The van der Waals surface area contributed by atoms with Gasteiger partial charge < -0.3 is 15.8 Å². The summed E-state index contributed by atoms with van der Waals surface area (Å²) in [4.78, 5) is 0. The fourth-order valence-corrected chi connectivity index (χ4v) is 2.88. The lowest BCUT2D eigenvalue weighted by atomic mass is 9.98. The number of anilines is 2. The van der Waals surface area contributed by atoms with Gasteiger partial charge in [0.2, 0.25) is 0 Å². The summed E-state index contributed by atoms with van der Waals surface area (Å²) in [5.74, 6) is 2.65. The van der Waals surface area contributed by atoms with E-state index in [4.69, 9.17) is 10.5 Å². The topological polar surface area (TPSA) is 47.3 Å². The summed E-state index contributed by atoms with van der Waals surface area (Å²) in [5.41, 5.74) is 6.52. The van der Waals surface area contributed by atoms with Crippen LogP contribution < -0.4 is 15.8 Å². The molecular weight excluding hydrogens is 243 g/mol. The number of halogens is 1. The van der Waals surface area contributed by atoms with Crippen molar-refractivity contribution < 1.29 is 9.13 Å². The van der Waals surface area contributed by atoms with Gasteiger partial charge in [0.15, 0.2) is 0 Å². The Labute approximate surface area is 113 Å². The molecule has 3 N–H and O–H groups in total. The molecule has 0 aliphatic heterocycles. The van der Waals surface area contributed by atoms with E-state index < -0.39 is 0 Å². The lowest BCUT2D eigenvalue weighted by Gasteiger charge is -2.18. The first-order valence-corrected chi connectivity index (χ1v) is 7.06. The maximum Gasteiger partial charge on any atom is 0.148 e. The van der Waals surface area contributed by atoms with Crippen LogP contribution in [0.4, 0.5) is 15.8 Å². The van der Waals surface area contributed by atoms with E-state index in [1.807, 2.05) is 0 Å². The van der Waals surface area contributed by atoms with Crippen molar-refractivity contribution in [3.8, 4) is 5.75 Å². The molecule has 0 amide bonds. The molecule has 3 rings (SSSR count). The van der Waals surface area contributed by atoms with Gasteiger partial charge >= 0.3 is 0 Å². The van der Waals surface area contributed by atoms with Crippen LogP contribution in [0.15, 0.2) is 12.1 Å². The smallest absolute Gasteiger partial charge is 0.148 e. The maximum absolute atomic E-state index is 13.9. The monoisotopic (exact) mass is 264 g/mol. The molecular formula is C15H21FN2O. The van der Waals surface area contributed by atoms with Crippen LogP contribution in [0.1, 0.15) is 25.7 Å². The summed E-state index contributed by atoms with van der Waals surface area (Å²) in [5, 5.41) is 3.25. The third-order valence-electron chi connectivity index (χ3n) is 4.30. The first-order valence-electron chi connectivity index (χ1n) is 7.06. The van der Waals surface area contributed by atoms with Crippen LogP contribution >= 0.6 is 0 Å². The number of benzene rings is 1. The molecule has 3 nitrogen and oxygen atoms in total. The molecule has 4 heteroatoms. The molecule has 0 saturated heterocycles. The Morgan fingerprint density at radius 3 is 2.47 bits per heavy atom. The number of nitrogens with one attached hydrogen (secondary N) is 1. The molecule has 1 aromatic carbocycles. The van der Waals surface area contributed by atoms with Crippen LogP contribution in [0, 0.1) is 23.6 Å². The Hall–Kier alpha value is -1.45. The number of nitrogen functional groups attached to an aromatic ring is 1. The Morgan fingerprint density at radius 1 is 1.32 bits per heavy atom. The first kappa shape index (κ1) is 12.6. The van der Waals surface area contributed by atoms with Crippen LogP contribution in [0.3, 0.4) is 0 Å². The third-order valence-corrected chi connectivity index (χ3v) is 4.30. The summed E-state index contributed by atoms with van der Waals surface area (Å²) in [6.45, 7) is 0.860. The van der Waals surface area contributed by atoms with Crippen molar-refractivity contribution in [2.24, 2.45) is 17.8 Å². The molecule has 0 radical (unpaired) electrons. The van der Waals surface area contributed by atoms with Crippen LogP contribution in [0.25, 0.3) is 0 Å². The molecule has 19 heavy (non-hydrogen) atoms. The zero-order chi connectivity index (χ0) is 13.4. The van der Waals surface area contributed by atoms with Crippen LogP contribution in [0.5, 0.6) is 5.75 Å². The second-order valence-corrected chi connectivity index (χ2v) is 5.79. The highest BCUT2D eigenvalue weighted by molar-refractivity contribution is 5.62. The second-order valence-electron chi connectivity index (χ2n) is 5.79. The molecule has 2 saturated carbocycles. The number of hydrogen-bond acceptors (Lipinski definition) is 3. The average Bonchev–Trinajstić information content (AvgIpc) is 3.26. The standard InChI is InChI=1S/C15H21FN2O/c1-19-15-7-14(12(16)6-13(15)17)18-8-11(9-2-3-9)10-4-5-10/h6-7,9-11,18H,2-5,8,17H2,1H3. The van der Waals surface area contributed by atoms with Crippen LogP contribution in [-0.4, -0.2) is 13.7 Å². The van der Waals surface area contributed by atoms with Crippen molar-refractivity contribution in [2.75, 3.05) is 24.7 Å². The van der Waals surface area contributed by atoms with Gasteiger partial charge in [0.25, 0.3) is 0 Å². The van der Waals surface area contributed by atoms with Gasteiger partial charge in [-0.15, -0.1) is 0 Å². The molecule has 0 heterocycles. The Morgan fingerprint density at radius 2 is 1.95 bits per heavy atom. The van der Waals surface area contributed by atoms with E-state index in [1.54, 1.807) is 13.2 Å². The normalized spacial score (nSPS) is 18.7. The van der Waals surface area contributed by atoms with Gasteiger partial charge in [0, 0.05) is 18.7 Å². The van der Waals surface area contributed by atoms with Gasteiger partial charge in [-0.1, -0.05) is 0 Å². The van der Waals surface area contributed by atoms with E-state index >= 15 is 0 Å². The molecule has 0 spiro atoms. The van der Waals surface area contributed by atoms with Gasteiger partial charge in [-0.3, -0.25) is 0 Å². The zero-order valence-corrected chi connectivity index (χ0v) is 11.3.